The zero-order valence-corrected chi connectivity index (χ0v) is 21.5. The van der Waals surface area contributed by atoms with Crippen molar-refractivity contribution in [2.45, 2.75) is 50.2 Å². The van der Waals surface area contributed by atoms with E-state index in [9.17, 15) is 14.7 Å². The fourth-order valence-electron chi connectivity index (χ4n) is 5.44. The molecular formula is C27H31ClN6O4. The average molecular weight is 542 g/mol. The summed E-state index contributed by atoms with van der Waals surface area (Å²) in [6, 6.07) is 7.85. The first kappa shape index (κ1) is 21.6. The van der Waals surface area contributed by atoms with Crippen LogP contribution >= 0.6 is 11.6 Å². The number of ether oxygens (including phenoxy) is 1. The number of nitrogens with zero attached hydrogens (tertiary/aromatic N) is 5. The molecule has 2 aliphatic heterocycles. The van der Waals surface area contributed by atoms with Crippen LogP contribution in [0.5, 0.6) is 5.75 Å². The van der Waals surface area contributed by atoms with Gasteiger partial charge in [0.2, 0.25) is 0 Å². The number of hydrogen-bond donors (Lipinski definition) is 2. The van der Waals surface area contributed by atoms with Crippen LogP contribution in [0.2, 0.25) is 5.02 Å². The standard InChI is InChI=1S/C27H31ClN6O4/c1-32-9-7-29-25(36)15-38-23-6-5-17(28)12-19(23)27(37)33-8-3-2-4-22(33)21-13-24-30-20(16-10-18(35)11-16)14-26(32)34(24)31-21/h5-6,12-14,16,18,22,35H,2-4,7-11,15H2,1H3,(H,29,36)/i1D3. The number of rotatable bonds is 1. The molecule has 200 valence electrons. The number of aliphatic hydroxyl groups is 1. The van der Waals surface area contributed by atoms with E-state index in [1.165, 1.54) is 9.42 Å². The number of amides is 2. The van der Waals surface area contributed by atoms with Crippen LogP contribution in [-0.2, 0) is 4.79 Å². The lowest BCUT2D eigenvalue weighted by Crippen LogP contribution is -2.39. The quantitative estimate of drug-likeness (QED) is 0.487. The van der Waals surface area contributed by atoms with Crippen LogP contribution in [0, 0.1) is 0 Å². The van der Waals surface area contributed by atoms with Crippen molar-refractivity contribution in [3.8, 4) is 5.75 Å². The van der Waals surface area contributed by atoms with E-state index in [0.717, 1.165) is 12.8 Å². The summed E-state index contributed by atoms with van der Waals surface area (Å²) < 4.78 is 32.1. The van der Waals surface area contributed by atoms with Crippen molar-refractivity contribution in [2.75, 3.05) is 38.1 Å². The normalized spacial score (nSPS) is 25.9. The summed E-state index contributed by atoms with van der Waals surface area (Å²) in [6.07, 6.45) is 3.02. The third kappa shape index (κ3) is 4.67. The van der Waals surface area contributed by atoms with Crippen molar-refractivity contribution < 1.29 is 23.5 Å². The summed E-state index contributed by atoms with van der Waals surface area (Å²) in [4.78, 5) is 34.4. The number of halogens is 1. The smallest absolute Gasteiger partial charge is 0.258 e. The lowest BCUT2D eigenvalue weighted by molar-refractivity contribution is -0.123. The fourth-order valence-corrected chi connectivity index (χ4v) is 5.61. The van der Waals surface area contributed by atoms with Crippen LogP contribution in [0.4, 0.5) is 5.82 Å². The monoisotopic (exact) mass is 541 g/mol. The molecule has 1 unspecified atom stereocenters. The molecule has 0 spiro atoms. The van der Waals surface area contributed by atoms with Crippen molar-refractivity contribution in [1.29, 1.82) is 0 Å². The van der Waals surface area contributed by atoms with Crippen molar-refractivity contribution in [1.82, 2.24) is 24.8 Å². The first-order chi connectivity index (χ1) is 19.6. The molecule has 1 aliphatic carbocycles. The van der Waals surface area contributed by atoms with Crippen LogP contribution in [-0.4, -0.2) is 75.7 Å². The van der Waals surface area contributed by atoms with E-state index in [4.69, 9.17) is 30.5 Å². The number of aliphatic hydroxyl groups excluding tert-OH is 1. The zero-order valence-electron chi connectivity index (χ0n) is 23.8. The minimum Gasteiger partial charge on any atom is -0.483 e. The van der Waals surface area contributed by atoms with Crippen LogP contribution in [0.15, 0.2) is 30.3 Å². The molecule has 38 heavy (non-hydrogen) atoms. The van der Waals surface area contributed by atoms with Gasteiger partial charge in [0.25, 0.3) is 11.8 Å². The molecule has 2 N–H and O–H groups in total. The Morgan fingerprint density at radius 1 is 1.16 bits per heavy atom. The highest BCUT2D eigenvalue weighted by molar-refractivity contribution is 6.31. The van der Waals surface area contributed by atoms with E-state index in [-0.39, 0.29) is 48.9 Å². The Morgan fingerprint density at radius 3 is 2.84 bits per heavy atom. The molecule has 4 heterocycles. The Morgan fingerprint density at radius 2 is 2.03 bits per heavy atom. The molecule has 2 bridgehead atoms. The molecule has 1 saturated heterocycles. The summed E-state index contributed by atoms with van der Waals surface area (Å²) in [7, 11) is 0. The molecule has 10 nitrogen and oxygen atoms in total. The number of nitrogens with one attached hydrogen (secondary N) is 1. The van der Waals surface area contributed by atoms with E-state index in [2.05, 4.69) is 5.32 Å². The SMILES string of the molecule is [2H]C([2H])([2H])N1CCNC(=O)COc2ccc(Cl)cc2C(=O)N2CCCCC2c2cc3nc(C4CC(O)C4)cc1n3n2. The number of aromatic nitrogens is 3. The minimum absolute atomic E-state index is 0.00878. The van der Waals surface area contributed by atoms with E-state index in [0.29, 0.717) is 53.7 Å². The van der Waals surface area contributed by atoms with Gasteiger partial charge in [-0.1, -0.05) is 11.6 Å². The van der Waals surface area contributed by atoms with Crippen LogP contribution < -0.4 is 15.0 Å². The molecular weight excluding hydrogens is 508 g/mol. The van der Waals surface area contributed by atoms with Gasteiger partial charge in [0.15, 0.2) is 12.3 Å². The second-order valence-electron chi connectivity index (χ2n) is 10.1. The molecule has 3 aromatic rings. The summed E-state index contributed by atoms with van der Waals surface area (Å²) in [5.74, 6) is -0.219. The molecule has 3 aliphatic rings. The van der Waals surface area contributed by atoms with Gasteiger partial charge in [-0.05, 0) is 50.3 Å². The molecule has 2 aromatic heterocycles. The maximum Gasteiger partial charge on any atom is 0.258 e. The maximum atomic E-state index is 14.0. The molecule has 1 saturated carbocycles. The minimum atomic E-state index is -2.55. The van der Waals surface area contributed by atoms with Crippen molar-refractivity contribution in [3.63, 3.8) is 0 Å². The second-order valence-corrected chi connectivity index (χ2v) is 10.6. The summed E-state index contributed by atoms with van der Waals surface area (Å²) in [5, 5.41) is 17.8. The Labute approximate surface area is 229 Å². The predicted molar refractivity (Wildman–Crippen MR) is 142 cm³/mol. The van der Waals surface area contributed by atoms with E-state index >= 15 is 0 Å². The third-order valence-electron chi connectivity index (χ3n) is 7.55. The first-order valence-electron chi connectivity index (χ1n) is 14.4. The van der Waals surface area contributed by atoms with Gasteiger partial charge in [-0.3, -0.25) is 9.59 Å². The highest BCUT2D eigenvalue weighted by atomic mass is 35.5. The van der Waals surface area contributed by atoms with Gasteiger partial charge >= 0.3 is 0 Å². The van der Waals surface area contributed by atoms with E-state index in [1.54, 1.807) is 29.2 Å². The molecule has 0 radical (unpaired) electrons. The van der Waals surface area contributed by atoms with Crippen LogP contribution in [0.25, 0.3) is 5.65 Å². The predicted octanol–water partition coefficient (Wildman–Crippen LogP) is 2.93. The molecule has 1 aromatic carbocycles. The van der Waals surface area contributed by atoms with Gasteiger partial charge < -0.3 is 25.0 Å². The van der Waals surface area contributed by atoms with Gasteiger partial charge in [0.1, 0.15) is 11.6 Å². The second kappa shape index (κ2) is 10.1. The topological polar surface area (TPSA) is 112 Å². The zero-order chi connectivity index (χ0) is 28.9. The Bertz CT molecular complexity index is 1490. The van der Waals surface area contributed by atoms with Crippen molar-refractivity contribution in [3.05, 3.63) is 52.3 Å². The Hall–Kier alpha value is -3.37. The third-order valence-corrected chi connectivity index (χ3v) is 7.78. The highest BCUT2D eigenvalue weighted by Gasteiger charge is 2.34. The van der Waals surface area contributed by atoms with Gasteiger partial charge in [-0.2, -0.15) is 9.61 Å². The fraction of sp³-hybridized carbons (Fsp3) is 0.481. The van der Waals surface area contributed by atoms with Crippen molar-refractivity contribution >= 4 is 34.9 Å². The lowest BCUT2D eigenvalue weighted by Gasteiger charge is -2.35. The molecule has 2 fully saturated rings. The van der Waals surface area contributed by atoms with Gasteiger partial charge in [0, 0.05) is 59.5 Å². The average Bonchev–Trinajstić information content (AvgIpc) is 3.35. The van der Waals surface area contributed by atoms with Crippen molar-refractivity contribution in [2.24, 2.45) is 0 Å². The number of piperidine rings is 1. The van der Waals surface area contributed by atoms with Crippen LogP contribution in [0.3, 0.4) is 0 Å². The first-order valence-corrected chi connectivity index (χ1v) is 13.3. The van der Waals surface area contributed by atoms with Crippen LogP contribution in [0.1, 0.15) is 69.9 Å². The summed E-state index contributed by atoms with van der Waals surface area (Å²) >= 11 is 6.26. The number of benzene rings is 1. The molecule has 1 atom stereocenters. The summed E-state index contributed by atoms with van der Waals surface area (Å²) in [5.41, 5.74) is 1.99. The maximum absolute atomic E-state index is 14.0. The molecule has 6 rings (SSSR count). The highest BCUT2D eigenvalue weighted by Crippen LogP contribution is 2.39. The number of hydrogen-bond acceptors (Lipinski definition) is 7. The molecule has 2 amide bonds. The number of carbonyl (C=O) groups excluding carboxylic acids is 2. The van der Waals surface area contributed by atoms with E-state index < -0.39 is 19.0 Å². The van der Waals surface area contributed by atoms with Gasteiger partial charge in [-0.15, -0.1) is 0 Å². The number of fused-ring (bicyclic) bond motifs is 4. The Balaban J connectivity index is 1.50. The summed E-state index contributed by atoms with van der Waals surface area (Å²) in [6.45, 7) is -2.42. The number of carbonyl (C=O) groups is 2. The largest absolute Gasteiger partial charge is 0.483 e. The Kier molecular flexibility index (Phi) is 5.71. The lowest BCUT2D eigenvalue weighted by atomic mass is 9.80. The number of anilines is 1. The van der Waals surface area contributed by atoms with Gasteiger partial charge in [0.05, 0.1) is 23.4 Å². The number of likely N-dealkylation sites (N-methyl/N-ethyl adjacent to an activating group) is 1. The van der Waals surface area contributed by atoms with Gasteiger partial charge in [-0.25, -0.2) is 4.98 Å². The molecule has 11 heteroatoms. The van der Waals surface area contributed by atoms with E-state index in [1.807, 2.05) is 6.07 Å².